The molecule has 1 aromatic heterocycles. The van der Waals surface area contributed by atoms with Gasteiger partial charge in [0, 0.05) is 6.04 Å². The van der Waals surface area contributed by atoms with Crippen LogP contribution in [-0.2, 0) is 4.79 Å². The summed E-state index contributed by atoms with van der Waals surface area (Å²) in [7, 11) is 0. The first-order valence-electron chi connectivity index (χ1n) is 6.04. The molecular formula is C13H17NO4. The average molecular weight is 251 g/mol. The molecule has 0 bridgehead atoms. The number of carboxylic acids is 1. The largest absolute Gasteiger partial charge is 0.480 e. The minimum Gasteiger partial charge on any atom is -0.480 e. The van der Waals surface area contributed by atoms with Gasteiger partial charge in [-0.3, -0.25) is 4.79 Å². The Morgan fingerprint density at radius 3 is 2.44 bits per heavy atom. The summed E-state index contributed by atoms with van der Waals surface area (Å²) in [6.07, 6.45) is 1.73. The van der Waals surface area contributed by atoms with Gasteiger partial charge in [0.05, 0.1) is 0 Å². The van der Waals surface area contributed by atoms with Crippen molar-refractivity contribution in [1.29, 1.82) is 0 Å². The van der Waals surface area contributed by atoms with Crippen LogP contribution in [0.15, 0.2) is 10.5 Å². The van der Waals surface area contributed by atoms with Gasteiger partial charge >= 0.3 is 5.97 Å². The number of rotatable bonds is 4. The fraction of sp³-hybridized carbons (Fsp3) is 0.538. The zero-order valence-electron chi connectivity index (χ0n) is 10.8. The van der Waals surface area contributed by atoms with Gasteiger partial charge in [-0.15, -0.1) is 0 Å². The molecule has 18 heavy (non-hydrogen) atoms. The predicted octanol–water partition coefficient (Wildman–Crippen LogP) is 1.97. The van der Waals surface area contributed by atoms with Gasteiger partial charge in [-0.25, -0.2) is 4.79 Å². The molecule has 1 aliphatic rings. The van der Waals surface area contributed by atoms with Crippen LogP contribution < -0.4 is 0 Å². The Kier molecular flexibility index (Phi) is 3.15. The van der Waals surface area contributed by atoms with E-state index in [9.17, 15) is 9.59 Å². The third-order valence-corrected chi connectivity index (χ3v) is 3.33. The van der Waals surface area contributed by atoms with Crippen molar-refractivity contribution in [3.63, 3.8) is 0 Å². The van der Waals surface area contributed by atoms with Crippen molar-refractivity contribution >= 4 is 11.9 Å². The second-order valence-corrected chi connectivity index (χ2v) is 4.81. The molecule has 0 radical (unpaired) electrons. The lowest BCUT2D eigenvalue weighted by Gasteiger charge is -2.25. The van der Waals surface area contributed by atoms with Crippen molar-refractivity contribution in [2.24, 2.45) is 0 Å². The Morgan fingerprint density at radius 1 is 1.44 bits per heavy atom. The zero-order valence-corrected chi connectivity index (χ0v) is 10.8. The van der Waals surface area contributed by atoms with E-state index >= 15 is 0 Å². The lowest BCUT2D eigenvalue weighted by atomic mass is 10.2. The highest BCUT2D eigenvalue weighted by Gasteiger charge is 2.39. The Labute approximate surface area is 105 Å². The molecule has 5 nitrogen and oxygen atoms in total. The minimum atomic E-state index is -0.991. The normalized spacial score (nSPS) is 16.4. The third kappa shape index (κ3) is 2.25. The number of hydrogen-bond donors (Lipinski definition) is 1. The molecule has 1 atom stereocenters. The summed E-state index contributed by atoms with van der Waals surface area (Å²) in [4.78, 5) is 24.8. The maximum Gasteiger partial charge on any atom is 0.326 e. The first kappa shape index (κ1) is 12.7. The van der Waals surface area contributed by atoms with Crippen molar-refractivity contribution in [3.8, 4) is 0 Å². The molecule has 5 heteroatoms. The second-order valence-electron chi connectivity index (χ2n) is 4.81. The molecule has 1 aliphatic carbocycles. The number of carbonyl (C=O) groups excluding carboxylic acids is 1. The van der Waals surface area contributed by atoms with Gasteiger partial charge in [0.15, 0.2) is 5.76 Å². The number of carbonyl (C=O) groups is 2. The molecule has 0 aromatic carbocycles. The maximum absolute atomic E-state index is 12.3. The van der Waals surface area contributed by atoms with E-state index in [-0.39, 0.29) is 17.7 Å². The van der Waals surface area contributed by atoms with E-state index in [4.69, 9.17) is 9.52 Å². The quantitative estimate of drug-likeness (QED) is 0.888. The van der Waals surface area contributed by atoms with Gasteiger partial charge in [0.25, 0.3) is 5.91 Å². The molecule has 0 saturated heterocycles. The van der Waals surface area contributed by atoms with Crippen molar-refractivity contribution in [1.82, 2.24) is 4.90 Å². The van der Waals surface area contributed by atoms with Crippen LogP contribution in [0.1, 0.15) is 41.6 Å². The van der Waals surface area contributed by atoms with E-state index < -0.39 is 12.0 Å². The van der Waals surface area contributed by atoms with Crippen LogP contribution in [0.2, 0.25) is 0 Å². The predicted molar refractivity (Wildman–Crippen MR) is 64.5 cm³/mol. The van der Waals surface area contributed by atoms with Crippen molar-refractivity contribution in [2.75, 3.05) is 0 Å². The van der Waals surface area contributed by atoms with Gasteiger partial charge in [0.2, 0.25) is 0 Å². The number of nitrogens with zero attached hydrogens (tertiary/aromatic N) is 1. The molecule has 98 valence electrons. The number of furan rings is 1. The lowest BCUT2D eigenvalue weighted by Crippen LogP contribution is -2.44. The van der Waals surface area contributed by atoms with Gasteiger partial charge in [-0.05, 0) is 45.2 Å². The van der Waals surface area contributed by atoms with Crippen LogP contribution in [0.3, 0.4) is 0 Å². The fourth-order valence-electron chi connectivity index (χ4n) is 1.94. The number of hydrogen-bond acceptors (Lipinski definition) is 3. The summed E-state index contributed by atoms with van der Waals surface area (Å²) in [5.74, 6) is -0.402. The Morgan fingerprint density at radius 2 is 2.06 bits per heavy atom. The van der Waals surface area contributed by atoms with Crippen LogP contribution in [0.25, 0.3) is 0 Å². The fourth-order valence-corrected chi connectivity index (χ4v) is 1.94. The Hall–Kier alpha value is -1.78. The molecule has 1 amide bonds. The van der Waals surface area contributed by atoms with E-state index in [0.29, 0.717) is 5.76 Å². The third-order valence-electron chi connectivity index (χ3n) is 3.33. The molecular weight excluding hydrogens is 234 g/mol. The van der Waals surface area contributed by atoms with E-state index in [2.05, 4.69) is 0 Å². The first-order chi connectivity index (χ1) is 8.41. The molecule has 1 unspecified atom stereocenters. The van der Waals surface area contributed by atoms with Gasteiger partial charge in [0.1, 0.15) is 11.8 Å². The number of carboxylic acid groups (broad SMARTS) is 1. The molecule has 1 fully saturated rings. The first-order valence-corrected chi connectivity index (χ1v) is 6.04. The summed E-state index contributed by atoms with van der Waals surface area (Å²) >= 11 is 0. The molecule has 1 aromatic rings. The van der Waals surface area contributed by atoms with Crippen LogP contribution in [0.4, 0.5) is 0 Å². The summed E-state index contributed by atoms with van der Waals surface area (Å²) in [5, 5.41) is 9.06. The smallest absolute Gasteiger partial charge is 0.326 e. The van der Waals surface area contributed by atoms with Crippen molar-refractivity contribution in [2.45, 2.75) is 45.7 Å². The molecule has 0 aliphatic heterocycles. The van der Waals surface area contributed by atoms with Crippen molar-refractivity contribution < 1.29 is 19.1 Å². The highest BCUT2D eigenvalue weighted by molar-refractivity contribution is 5.95. The van der Waals surface area contributed by atoms with E-state index in [0.717, 1.165) is 18.4 Å². The number of aliphatic carboxylic acids is 1. The van der Waals surface area contributed by atoms with Gasteiger partial charge < -0.3 is 14.4 Å². The van der Waals surface area contributed by atoms with Crippen LogP contribution in [-0.4, -0.2) is 34.0 Å². The number of aryl methyl sites for hydroxylation is 2. The van der Waals surface area contributed by atoms with E-state index in [1.807, 2.05) is 6.92 Å². The summed E-state index contributed by atoms with van der Waals surface area (Å²) in [5.41, 5.74) is 0.900. The van der Waals surface area contributed by atoms with Crippen LogP contribution >= 0.6 is 0 Å². The van der Waals surface area contributed by atoms with E-state index in [1.165, 1.54) is 11.8 Å². The monoisotopic (exact) mass is 251 g/mol. The molecule has 1 saturated carbocycles. The zero-order chi connectivity index (χ0) is 13.4. The minimum absolute atomic E-state index is 0.0364. The Balaban J connectivity index is 2.26. The van der Waals surface area contributed by atoms with E-state index in [1.54, 1.807) is 13.0 Å². The Bertz CT molecular complexity index is 468. The van der Waals surface area contributed by atoms with Gasteiger partial charge in [-0.1, -0.05) is 0 Å². The summed E-state index contributed by atoms with van der Waals surface area (Å²) in [6, 6.07) is 0.881. The standard InChI is InChI=1S/C13H17NO4/c1-7-6-11(18-9(7)3)12(15)14(10-4-5-10)8(2)13(16)17/h6,8,10H,4-5H2,1-3H3,(H,16,17). The molecule has 2 rings (SSSR count). The average Bonchev–Trinajstić information content (AvgIpc) is 3.06. The second kappa shape index (κ2) is 4.48. The lowest BCUT2D eigenvalue weighted by molar-refractivity contribution is -0.141. The summed E-state index contributed by atoms with van der Waals surface area (Å²) < 4.78 is 5.38. The SMILES string of the molecule is Cc1cc(C(=O)N(C2CC2)C(C)C(=O)O)oc1C. The molecule has 0 spiro atoms. The highest BCUT2D eigenvalue weighted by Crippen LogP contribution is 2.31. The highest BCUT2D eigenvalue weighted by atomic mass is 16.4. The summed E-state index contributed by atoms with van der Waals surface area (Å²) in [6.45, 7) is 5.17. The van der Waals surface area contributed by atoms with Crippen molar-refractivity contribution in [3.05, 3.63) is 23.2 Å². The molecule has 1 N–H and O–H groups in total. The maximum atomic E-state index is 12.3. The topological polar surface area (TPSA) is 70.8 Å². The van der Waals surface area contributed by atoms with Crippen LogP contribution in [0.5, 0.6) is 0 Å². The number of amides is 1. The van der Waals surface area contributed by atoms with Crippen LogP contribution in [0, 0.1) is 13.8 Å². The van der Waals surface area contributed by atoms with Gasteiger partial charge in [-0.2, -0.15) is 0 Å². The molecule has 1 heterocycles.